The van der Waals surface area contributed by atoms with Crippen LogP contribution in [-0.4, -0.2) is 10.1 Å². The maximum atomic E-state index is 9.65. The number of rotatable bonds is 4. The minimum absolute atomic E-state index is 0.472. The van der Waals surface area contributed by atoms with Gasteiger partial charge in [0.1, 0.15) is 17.6 Å². The fraction of sp³-hybridized carbons (Fsp3) is 0.200. The molecule has 0 spiro atoms. The zero-order valence-corrected chi connectivity index (χ0v) is 10.6. The van der Waals surface area contributed by atoms with Gasteiger partial charge in [0.2, 0.25) is 0 Å². The molecule has 0 aliphatic rings. The van der Waals surface area contributed by atoms with Gasteiger partial charge in [0.25, 0.3) is 0 Å². The van der Waals surface area contributed by atoms with Crippen molar-refractivity contribution in [3.63, 3.8) is 0 Å². The molecule has 0 aliphatic heterocycles. The molecule has 0 saturated carbocycles. The molecule has 0 saturated heterocycles. The number of ether oxygens (including phenoxy) is 1. The first-order valence-electron chi connectivity index (χ1n) is 6.05. The van der Waals surface area contributed by atoms with Gasteiger partial charge in [-0.05, 0) is 30.7 Å². The van der Waals surface area contributed by atoms with E-state index in [-0.39, 0.29) is 0 Å². The number of aromatic nitrogens is 1. The van der Waals surface area contributed by atoms with Gasteiger partial charge >= 0.3 is 0 Å². The highest BCUT2D eigenvalue weighted by atomic mass is 16.5. The summed E-state index contributed by atoms with van der Waals surface area (Å²) in [5, 5.41) is 18.6. The Morgan fingerprint density at radius 1 is 1.32 bits per heavy atom. The van der Waals surface area contributed by atoms with Crippen molar-refractivity contribution in [3.05, 3.63) is 53.9 Å². The van der Waals surface area contributed by atoms with E-state index in [1.165, 1.54) is 0 Å². The summed E-state index contributed by atoms with van der Waals surface area (Å²) in [6, 6.07) is 12.5. The van der Waals surface area contributed by atoms with Crippen molar-refractivity contribution < 1.29 is 9.84 Å². The number of nitriles is 1. The SMILES string of the molecule is CC[C@@H](O)c1ccc(Oc2ccccc2C#N)cn1. The van der Waals surface area contributed by atoms with Gasteiger partial charge in [-0.2, -0.15) is 5.26 Å². The Bertz CT molecular complexity index is 588. The third kappa shape index (κ3) is 3.09. The number of aliphatic hydroxyl groups is 1. The van der Waals surface area contributed by atoms with Crippen molar-refractivity contribution in [2.75, 3.05) is 0 Å². The fourth-order valence-electron chi connectivity index (χ4n) is 1.63. The van der Waals surface area contributed by atoms with Crippen molar-refractivity contribution in [1.29, 1.82) is 5.26 Å². The third-order valence-electron chi connectivity index (χ3n) is 2.72. The lowest BCUT2D eigenvalue weighted by atomic mass is 10.2. The topological polar surface area (TPSA) is 66.1 Å². The summed E-state index contributed by atoms with van der Waals surface area (Å²) in [7, 11) is 0. The lowest BCUT2D eigenvalue weighted by molar-refractivity contribution is 0.169. The Morgan fingerprint density at radius 2 is 2.11 bits per heavy atom. The van der Waals surface area contributed by atoms with Gasteiger partial charge in [-0.15, -0.1) is 0 Å². The first kappa shape index (κ1) is 13.1. The van der Waals surface area contributed by atoms with Gasteiger partial charge < -0.3 is 9.84 Å². The van der Waals surface area contributed by atoms with Crippen LogP contribution in [0.25, 0.3) is 0 Å². The van der Waals surface area contributed by atoms with E-state index in [1.54, 1.807) is 42.6 Å². The molecule has 1 aromatic carbocycles. The van der Waals surface area contributed by atoms with Crippen LogP contribution in [0.1, 0.15) is 30.7 Å². The van der Waals surface area contributed by atoms with Crippen LogP contribution in [0.2, 0.25) is 0 Å². The third-order valence-corrected chi connectivity index (χ3v) is 2.72. The lowest BCUT2D eigenvalue weighted by Crippen LogP contribution is -1.98. The van der Waals surface area contributed by atoms with Crippen molar-refractivity contribution in [2.24, 2.45) is 0 Å². The summed E-state index contributed by atoms with van der Waals surface area (Å²) >= 11 is 0. The summed E-state index contributed by atoms with van der Waals surface area (Å²) < 4.78 is 5.60. The molecule has 1 aromatic heterocycles. The molecule has 0 fully saturated rings. The second-order valence-corrected chi connectivity index (χ2v) is 4.05. The molecular formula is C15H14N2O2. The highest BCUT2D eigenvalue weighted by Gasteiger charge is 2.07. The van der Waals surface area contributed by atoms with Crippen LogP contribution in [0.15, 0.2) is 42.6 Å². The summed E-state index contributed by atoms with van der Waals surface area (Å²) in [6.07, 6.45) is 1.60. The number of hydrogen-bond donors (Lipinski definition) is 1. The summed E-state index contributed by atoms with van der Waals surface area (Å²) in [5.41, 5.74) is 1.09. The minimum atomic E-state index is -0.555. The van der Waals surface area contributed by atoms with Gasteiger partial charge in [-0.25, -0.2) is 0 Å². The molecular weight excluding hydrogens is 240 g/mol. The Morgan fingerprint density at radius 3 is 2.74 bits per heavy atom. The highest BCUT2D eigenvalue weighted by molar-refractivity contribution is 5.44. The van der Waals surface area contributed by atoms with E-state index in [9.17, 15) is 5.11 Å². The van der Waals surface area contributed by atoms with Crippen LogP contribution in [-0.2, 0) is 0 Å². The largest absolute Gasteiger partial charge is 0.454 e. The quantitative estimate of drug-likeness (QED) is 0.909. The first-order valence-corrected chi connectivity index (χ1v) is 6.05. The summed E-state index contributed by atoms with van der Waals surface area (Å²) in [5.74, 6) is 1.03. The van der Waals surface area contributed by atoms with Crippen LogP contribution in [0.5, 0.6) is 11.5 Å². The van der Waals surface area contributed by atoms with Crippen LogP contribution in [0.4, 0.5) is 0 Å². The van der Waals surface area contributed by atoms with Gasteiger partial charge in [0.15, 0.2) is 0 Å². The van der Waals surface area contributed by atoms with Crippen LogP contribution < -0.4 is 4.74 Å². The van der Waals surface area contributed by atoms with E-state index in [0.29, 0.717) is 29.2 Å². The number of pyridine rings is 1. The zero-order valence-electron chi connectivity index (χ0n) is 10.6. The van der Waals surface area contributed by atoms with Gasteiger partial charge in [-0.1, -0.05) is 19.1 Å². The Balaban J connectivity index is 2.18. The van der Waals surface area contributed by atoms with E-state index >= 15 is 0 Å². The molecule has 1 atom stereocenters. The van der Waals surface area contributed by atoms with Gasteiger partial charge in [0.05, 0.1) is 23.6 Å². The average molecular weight is 254 g/mol. The standard InChI is InChI=1S/C15H14N2O2/c1-2-14(18)13-8-7-12(10-17-13)19-15-6-4-3-5-11(15)9-16/h3-8,10,14,18H,2H2,1H3/t14-/m1/s1. The molecule has 96 valence electrons. The second kappa shape index (κ2) is 5.98. The maximum Gasteiger partial charge on any atom is 0.145 e. The number of aliphatic hydroxyl groups excluding tert-OH is 1. The normalized spacial score (nSPS) is 11.6. The van der Waals surface area contributed by atoms with Crippen LogP contribution in [0, 0.1) is 11.3 Å². The molecule has 0 bridgehead atoms. The van der Waals surface area contributed by atoms with Crippen LogP contribution in [0.3, 0.4) is 0 Å². The number of hydrogen-bond acceptors (Lipinski definition) is 4. The first-order chi connectivity index (χ1) is 9.24. The summed E-state index contributed by atoms with van der Waals surface area (Å²) in [4.78, 5) is 4.14. The lowest BCUT2D eigenvalue weighted by Gasteiger charge is -2.09. The van der Waals surface area contributed by atoms with E-state index in [1.807, 2.05) is 6.92 Å². The molecule has 0 unspecified atom stereocenters. The zero-order chi connectivity index (χ0) is 13.7. The Hall–Kier alpha value is -2.38. The van der Waals surface area contributed by atoms with Crippen LogP contribution >= 0.6 is 0 Å². The molecule has 2 rings (SSSR count). The van der Waals surface area contributed by atoms with Crippen molar-refractivity contribution in [2.45, 2.75) is 19.4 Å². The smallest absolute Gasteiger partial charge is 0.145 e. The molecule has 1 heterocycles. The number of para-hydroxylation sites is 1. The minimum Gasteiger partial charge on any atom is -0.454 e. The molecule has 0 radical (unpaired) electrons. The molecule has 4 heteroatoms. The van der Waals surface area contributed by atoms with Gasteiger partial charge in [0, 0.05) is 0 Å². The van der Waals surface area contributed by atoms with E-state index < -0.39 is 6.10 Å². The van der Waals surface area contributed by atoms with E-state index in [0.717, 1.165) is 0 Å². The molecule has 0 amide bonds. The van der Waals surface area contributed by atoms with Crippen molar-refractivity contribution >= 4 is 0 Å². The van der Waals surface area contributed by atoms with E-state index in [4.69, 9.17) is 10.00 Å². The molecule has 4 nitrogen and oxygen atoms in total. The predicted molar refractivity (Wildman–Crippen MR) is 70.7 cm³/mol. The molecule has 2 aromatic rings. The van der Waals surface area contributed by atoms with E-state index in [2.05, 4.69) is 11.1 Å². The molecule has 19 heavy (non-hydrogen) atoms. The monoisotopic (exact) mass is 254 g/mol. The second-order valence-electron chi connectivity index (χ2n) is 4.05. The Kier molecular flexibility index (Phi) is 4.11. The summed E-state index contributed by atoms with van der Waals surface area (Å²) in [6.45, 7) is 1.89. The average Bonchev–Trinajstić information content (AvgIpc) is 2.48. The Labute approximate surface area is 111 Å². The highest BCUT2D eigenvalue weighted by Crippen LogP contribution is 2.25. The van der Waals surface area contributed by atoms with Crippen molar-refractivity contribution in [3.8, 4) is 17.6 Å². The maximum absolute atomic E-state index is 9.65. The van der Waals surface area contributed by atoms with Crippen molar-refractivity contribution in [1.82, 2.24) is 4.98 Å². The molecule has 0 aliphatic carbocycles. The predicted octanol–water partition coefficient (Wildman–Crippen LogP) is 3.19. The van der Waals surface area contributed by atoms with Gasteiger partial charge in [-0.3, -0.25) is 4.98 Å². The fourth-order valence-corrected chi connectivity index (χ4v) is 1.63. The molecule has 1 N–H and O–H groups in total. The number of benzene rings is 1. The number of nitrogens with zero attached hydrogens (tertiary/aromatic N) is 2.